The van der Waals surface area contributed by atoms with Gasteiger partial charge in [-0.2, -0.15) is 0 Å². The predicted molar refractivity (Wildman–Crippen MR) is 90.9 cm³/mol. The Kier molecular flexibility index (Phi) is 3.61. The van der Waals surface area contributed by atoms with Crippen LogP contribution in [0.1, 0.15) is 24.9 Å². The molecule has 1 aromatic heterocycles. The highest BCUT2D eigenvalue weighted by atomic mass is 16.5. The number of rotatable bonds is 4. The second-order valence-electron chi connectivity index (χ2n) is 6.31. The molecule has 6 nitrogen and oxygen atoms in total. The minimum atomic E-state index is -0.395. The van der Waals surface area contributed by atoms with Crippen LogP contribution in [0.15, 0.2) is 47.9 Å². The molecule has 1 unspecified atom stereocenters. The summed E-state index contributed by atoms with van der Waals surface area (Å²) in [5, 5.41) is 0. The first-order valence-electron chi connectivity index (χ1n) is 8.13. The molecule has 0 radical (unpaired) electrons. The van der Waals surface area contributed by atoms with Gasteiger partial charge in [0, 0.05) is 24.4 Å². The van der Waals surface area contributed by atoms with Gasteiger partial charge in [0.2, 0.25) is 5.91 Å². The fraction of sp³-hybridized carbons (Fsp3) is 0.333. The second-order valence-corrected chi connectivity index (χ2v) is 6.31. The molecule has 0 aliphatic carbocycles. The number of nitrogens with zero attached hydrogens (tertiary/aromatic N) is 2. The summed E-state index contributed by atoms with van der Waals surface area (Å²) in [6.45, 7) is 3.61. The van der Waals surface area contributed by atoms with E-state index in [4.69, 9.17) is 10.5 Å². The Morgan fingerprint density at radius 2 is 2.29 bits per heavy atom. The monoisotopic (exact) mass is 324 g/mol. The van der Waals surface area contributed by atoms with Crippen LogP contribution in [0.5, 0.6) is 0 Å². The average molecular weight is 324 g/mol. The molecule has 6 heteroatoms. The number of carbonyl (C=O) groups is 1. The lowest BCUT2D eigenvalue weighted by Gasteiger charge is -2.41. The van der Waals surface area contributed by atoms with Crippen molar-refractivity contribution in [2.75, 3.05) is 13.2 Å². The summed E-state index contributed by atoms with van der Waals surface area (Å²) in [7, 11) is 0. The van der Waals surface area contributed by atoms with E-state index in [-0.39, 0.29) is 12.1 Å². The van der Waals surface area contributed by atoms with Crippen LogP contribution in [0.25, 0.3) is 11.0 Å². The normalized spacial score (nSPS) is 23.6. The molecule has 4 rings (SSSR count). The zero-order valence-electron chi connectivity index (χ0n) is 13.5. The van der Waals surface area contributed by atoms with Crippen molar-refractivity contribution < 1.29 is 9.53 Å². The van der Waals surface area contributed by atoms with Gasteiger partial charge in [0.15, 0.2) is 0 Å². The van der Waals surface area contributed by atoms with Gasteiger partial charge in [-0.3, -0.25) is 4.79 Å². The molecule has 24 heavy (non-hydrogen) atoms. The van der Waals surface area contributed by atoms with Gasteiger partial charge in [0.25, 0.3) is 0 Å². The number of ether oxygens (including phenoxy) is 1. The molecule has 1 amide bonds. The zero-order valence-corrected chi connectivity index (χ0v) is 13.5. The number of allylic oxidation sites excluding steroid dienone is 3. The summed E-state index contributed by atoms with van der Waals surface area (Å²) in [5.74, 6) is -0.395. The van der Waals surface area contributed by atoms with Crippen LogP contribution < -0.4 is 5.73 Å². The second kappa shape index (κ2) is 5.79. The maximum Gasteiger partial charge on any atom is 0.247 e. The summed E-state index contributed by atoms with van der Waals surface area (Å²) < 4.78 is 5.60. The summed E-state index contributed by atoms with van der Waals surface area (Å²) >= 11 is 0. The molecule has 1 fully saturated rings. The van der Waals surface area contributed by atoms with E-state index < -0.39 is 5.91 Å². The molecule has 2 aliphatic heterocycles. The van der Waals surface area contributed by atoms with Crippen molar-refractivity contribution in [3.8, 4) is 0 Å². The molecule has 2 aliphatic rings. The molecule has 0 saturated carbocycles. The molecule has 1 saturated heterocycles. The Bertz CT molecular complexity index is 848. The lowest BCUT2D eigenvalue weighted by atomic mass is 9.92. The summed E-state index contributed by atoms with van der Waals surface area (Å²) in [4.78, 5) is 21.6. The summed E-state index contributed by atoms with van der Waals surface area (Å²) in [5.41, 5.74) is 10.2. The van der Waals surface area contributed by atoms with E-state index >= 15 is 0 Å². The van der Waals surface area contributed by atoms with Crippen LogP contribution >= 0.6 is 0 Å². The topological polar surface area (TPSA) is 84.2 Å². The third-order valence-electron chi connectivity index (χ3n) is 4.80. The van der Waals surface area contributed by atoms with Gasteiger partial charge in [-0.05, 0) is 43.2 Å². The zero-order chi connectivity index (χ0) is 16.7. The number of imidazole rings is 1. The molecule has 1 aromatic carbocycles. The smallest absolute Gasteiger partial charge is 0.247 e. The number of hydrogen-bond donors (Lipinski definition) is 2. The molecule has 124 valence electrons. The maximum atomic E-state index is 12.0. The van der Waals surface area contributed by atoms with Gasteiger partial charge in [0.05, 0.1) is 29.5 Å². The number of carbonyl (C=O) groups excluding carboxylic acids is 1. The molecule has 3 N–H and O–H groups in total. The maximum absolute atomic E-state index is 12.0. The van der Waals surface area contributed by atoms with Crippen LogP contribution in [0.3, 0.4) is 0 Å². The number of nitrogens with one attached hydrogen (secondary N) is 1. The Morgan fingerprint density at radius 1 is 1.46 bits per heavy atom. The van der Waals surface area contributed by atoms with Crippen LogP contribution in [-0.4, -0.2) is 40.0 Å². The first kappa shape index (κ1) is 15.0. The largest absolute Gasteiger partial charge is 0.376 e. The molecule has 0 bridgehead atoms. The SMILES string of the molecule is CC1=CC=C(C(N)=O)C(c2ccc3nc[nH]c3c2)N1C[C@@H]1CCO1. The Balaban J connectivity index is 1.76. The number of amides is 1. The predicted octanol–water partition coefficient (Wildman–Crippen LogP) is 2.02. The van der Waals surface area contributed by atoms with Crippen LogP contribution in [0, 0.1) is 0 Å². The van der Waals surface area contributed by atoms with Gasteiger partial charge >= 0.3 is 0 Å². The fourth-order valence-electron chi connectivity index (χ4n) is 3.37. The van der Waals surface area contributed by atoms with Crippen molar-refractivity contribution in [1.82, 2.24) is 14.9 Å². The molecule has 3 heterocycles. The van der Waals surface area contributed by atoms with Crippen molar-refractivity contribution in [1.29, 1.82) is 0 Å². The lowest BCUT2D eigenvalue weighted by molar-refractivity contribution is -0.115. The van der Waals surface area contributed by atoms with E-state index in [9.17, 15) is 4.79 Å². The first-order chi connectivity index (χ1) is 11.6. The molecule has 2 aromatic rings. The summed E-state index contributed by atoms with van der Waals surface area (Å²) in [6.07, 6.45) is 6.71. The Morgan fingerprint density at radius 3 is 3.00 bits per heavy atom. The number of primary amides is 1. The minimum absolute atomic E-state index is 0.204. The van der Waals surface area contributed by atoms with Crippen molar-refractivity contribution in [3.05, 3.63) is 53.5 Å². The van der Waals surface area contributed by atoms with Gasteiger partial charge in [0.1, 0.15) is 0 Å². The number of aromatic nitrogens is 2. The fourth-order valence-corrected chi connectivity index (χ4v) is 3.37. The molecule has 0 spiro atoms. The van der Waals surface area contributed by atoms with Crippen molar-refractivity contribution in [3.63, 3.8) is 0 Å². The molecular weight excluding hydrogens is 304 g/mol. The van der Waals surface area contributed by atoms with Crippen LogP contribution in [0.4, 0.5) is 0 Å². The van der Waals surface area contributed by atoms with E-state index in [0.29, 0.717) is 5.57 Å². The third kappa shape index (κ3) is 2.49. The number of H-pyrrole nitrogens is 1. The Hall–Kier alpha value is -2.60. The number of fused-ring (bicyclic) bond motifs is 1. The standard InChI is InChI=1S/C18H20N4O2/c1-11-2-4-14(18(19)23)17(22(11)9-13-6-7-24-13)12-3-5-15-16(8-12)21-10-20-15/h2-5,8,10,13,17H,6-7,9H2,1H3,(H2,19,23)(H,20,21)/t13-,17?/m0/s1. The van der Waals surface area contributed by atoms with E-state index in [1.807, 2.05) is 30.4 Å². The Labute approximate surface area is 140 Å². The van der Waals surface area contributed by atoms with E-state index in [0.717, 1.165) is 41.9 Å². The van der Waals surface area contributed by atoms with Crippen molar-refractivity contribution in [2.24, 2.45) is 5.73 Å². The van der Waals surface area contributed by atoms with E-state index in [2.05, 4.69) is 21.8 Å². The quantitative estimate of drug-likeness (QED) is 0.901. The first-order valence-corrected chi connectivity index (χ1v) is 8.13. The van der Waals surface area contributed by atoms with Crippen LogP contribution in [-0.2, 0) is 9.53 Å². The average Bonchev–Trinajstić information content (AvgIpc) is 2.98. The lowest BCUT2D eigenvalue weighted by Crippen LogP contribution is -2.43. The highest BCUT2D eigenvalue weighted by Gasteiger charge is 2.33. The van der Waals surface area contributed by atoms with Crippen LogP contribution in [0.2, 0.25) is 0 Å². The van der Waals surface area contributed by atoms with E-state index in [1.165, 1.54) is 0 Å². The number of benzene rings is 1. The third-order valence-corrected chi connectivity index (χ3v) is 4.80. The molecule has 2 atom stereocenters. The number of hydrogen-bond acceptors (Lipinski definition) is 4. The van der Waals surface area contributed by atoms with Crippen molar-refractivity contribution >= 4 is 16.9 Å². The van der Waals surface area contributed by atoms with Gasteiger partial charge in [-0.25, -0.2) is 4.98 Å². The highest BCUT2D eigenvalue weighted by molar-refractivity contribution is 5.94. The summed E-state index contributed by atoms with van der Waals surface area (Å²) in [6, 6.07) is 5.81. The molecular formula is C18H20N4O2. The van der Waals surface area contributed by atoms with Gasteiger partial charge in [-0.1, -0.05) is 6.07 Å². The number of aromatic amines is 1. The highest BCUT2D eigenvalue weighted by Crippen LogP contribution is 2.36. The van der Waals surface area contributed by atoms with E-state index in [1.54, 1.807) is 6.33 Å². The van der Waals surface area contributed by atoms with Crippen molar-refractivity contribution in [2.45, 2.75) is 25.5 Å². The van der Waals surface area contributed by atoms with Gasteiger partial charge < -0.3 is 20.4 Å². The minimum Gasteiger partial charge on any atom is -0.376 e. The van der Waals surface area contributed by atoms with Gasteiger partial charge in [-0.15, -0.1) is 0 Å². The number of nitrogens with two attached hydrogens (primary N) is 1.